The molecule has 2 fully saturated rings. The molecule has 6 rings (SSSR count). The Morgan fingerprint density at radius 2 is 1.93 bits per heavy atom. The van der Waals surface area contributed by atoms with Gasteiger partial charge in [-0.25, -0.2) is 9.67 Å². The molecule has 9 heteroatoms. The lowest BCUT2D eigenvalue weighted by atomic mass is 10.0. The Kier molecular flexibility index (Phi) is 4.24. The van der Waals surface area contributed by atoms with E-state index in [0.717, 1.165) is 40.0 Å². The molecule has 0 aliphatic carbocycles. The summed E-state index contributed by atoms with van der Waals surface area (Å²) in [6, 6.07) is 10.1. The second-order valence-corrected chi connectivity index (χ2v) is 8.71. The predicted molar refractivity (Wildman–Crippen MR) is 111 cm³/mol. The maximum Gasteiger partial charge on any atom is 0.233 e. The van der Waals surface area contributed by atoms with Crippen LogP contribution in [0.15, 0.2) is 42.0 Å². The minimum atomic E-state index is -0.523. The van der Waals surface area contributed by atoms with Gasteiger partial charge in [0.15, 0.2) is 0 Å². The van der Waals surface area contributed by atoms with Crippen LogP contribution in [0.2, 0.25) is 0 Å². The average molecular weight is 422 g/mol. The molecule has 0 amide bonds. The van der Waals surface area contributed by atoms with Gasteiger partial charge in [0.1, 0.15) is 11.6 Å². The van der Waals surface area contributed by atoms with E-state index in [2.05, 4.69) is 25.6 Å². The van der Waals surface area contributed by atoms with Crippen LogP contribution < -0.4 is 10.1 Å². The highest BCUT2D eigenvalue weighted by Gasteiger charge is 2.34. The van der Waals surface area contributed by atoms with Gasteiger partial charge in [0, 0.05) is 36.0 Å². The molecule has 1 unspecified atom stereocenters. The summed E-state index contributed by atoms with van der Waals surface area (Å²) in [6.07, 6.45) is 6.31. The number of aromatic nitrogens is 5. The molecule has 2 saturated heterocycles. The molecular formula is C21H19FN6OS. The van der Waals surface area contributed by atoms with E-state index in [1.54, 1.807) is 11.7 Å². The Hall–Kier alpha value is -2.91. The predicted octanol–water partition coefficient (Wildman–Crippen LogP) is 3.74. The minimum Gasteiger partial charge on any atom is -0.473 e. The topological polar surface area (TPSA) is 77.8 Å². The molecule has 3 aromatic heterocycles. The number of rotatable bonds is 4. The van der Waals surface area contributed by atoms with Crippen LogP contribution in [0, 0.1) is 5.95 Å². The number of benzene rings is 1. The molecule has 30 heavy (non-hydrogen) atoms. The number of halogens is 1. The van der Waals surface area contributed by atoms with Crippen molar-refractivity contribution in [3.05, 3.63) is 48.0 Å². The van der Waals surface area contributed by atoms with Gasteiger partial charge in [-0.1, -0.05) is 0 Å². The van der Waals surface area contributed by atoms with Crippen LogP contribution in [0.1, 0.15) is 25.7 Å². The van der Waals surface area contributed by atoms with E-state index in [1.165, 1.54) is 34.9 Å². The third kappa shape index (κ3) is 3.14. The Labute approximate surface area is 175 Å². The molecule has 0 radical (unpaired) electrons. The minimum absolute atomic E-state index is 0.200. The largest absolute Gasteiger partial charge is 0.473 e. The molecule has 1 aromatic carbocycles. The first-order valence-electron chi connectivity index (χ1n) is 10.1. The highest BCUT2D eigenvalue weighted by atomic mass is 32.1. The zero-order valence-electron chi connectivity index (χ0n) is 16.0. The van der Waals surface area contributed by atoms with Crippen LogP contribution in [0.5, 0.6) is 5.88 Å². The number of ether oxygens (including phenoxy) is 1. The van der Waals surface area contributed by atoms with E-state index in [0.29, 0.717) is 18.0 Å². The van der Waals surface area contributed by atoms with Crippen LogP contribution in [-0.4, -0.2) is 43.1 Å². The number of fused-ring (bicyclic) bond motifs is 3. The molecule has 2 aliphatic heterocycles. The molecule has 0 saturated carbocycles. The maximum absolute atomic E-state index is 13.4. The average Bonchev–Trinajstić information content (AvgIpc) is 3.48. The quantitative estimate of drug-likeness (QED) is 0.540. The fraction of sp³-hybridized carbons (Fsp3) is 0.333. The van der Waals surface area contributed by atoms with Crippen LogP contribution in [0.4, 0.5) is 4.39 Å². The fourth-order valence-corrected chi connectivity index (χ4v) is 5.39. The lowest BCUT2D eigenvalue weighted by molar-refractivity contribution is 0.130. The number of thiazole rings is 1. The van der Waals surface area contributed by atoms with Crippen molar-refractivity contribution in [2.75, 3.05) is 0 Å². The van der Waals surface area contributed by atoms with Gasteiger partial charge in [0.05, 0.1) is 21.6 Å². The van der Waals surface area contributed by atoms with Crippen LogP contribution in [0.3, 0.4) is 0 Å². The van der Waals surface area contributed by atoms with Gasteiger partial charge < -0.3 is 10.1 Å². The Balaban J connectivity index is 1.27. The van der Waals surface area contributed by atoms with Crippen LogP contribution in [-0.2, 0) is 0 Å². The molecule has 5 heterocycles. The number of hydrogen-bond acceptors (Lipinski definition) is 7. The van der Waals surface area contributed by atoms with Crippen molar-refractivity contribution < 1.29 is 9.13 Å². The van der Waals surface area contributed by atoms with E-state index < -0.39 is 5.95 Å². The summed E-state index contributed by atoms with van der Waals surface area (Å²) in [5.41, 5.74) is 4.94. The molecule has 1 N–H and O–H groups in total. The zero-order chi connectivity index (χ0) is 20.1. The lowest BCUT2D eigenvalue weighted by Crippen LogP contribution is -2.42. The standard InChI is InChI=1S/C21H19FN6OS/c22-18-7-8-28(27-18)17-5-3-15(21-20(17)23-11-30-21)16-4-6-19(26-25-16)29-14-9-12-1-2-13(10-14)24-12/h3-8,11-14,24H,1-2,9-10H2/t12-,13+,14?. The third-order valence-electron chi connectivity index (χ3n) is 5.90. The summed E-state index contributed by atoms with van der Waals surface area (Å²) < 4.78 is 21.9. The molecule has 2 bridgehead atoms. The fourth-order valence-electron chi connectivity index (χ4n) is 4.56. The summed E-state index contributed by atoms with van der Waals surface area (Å²) in [7, 11) is 0. The van der Waals surface area contributed by atoms with Crippen molar-refractivity contribution in [3.63, 3.8) is 0 Å². The van der Waals surface area contributed by atoms with Crippen molar-refractivity contribution in [2.45, 2.75) is 43.9 Å². The number of nitrogens with zero attached hydrogens (tertiary/aromatic N) is 5. The van der Waals surface area contributed by atoms with Gasteiger partial charge in [0.2, 0.25) is 11.8 Å². The lowest BCUT2D eigenvalue weighted by Gasteiger charge is -2.28. The molecule has 3 atom stereocenters. The Bertz CT molecular complexity index is 1190. The van der Waals surface area contributed by atoms with Crippen molar-refractivity contribution in [1.82, 2.24) is 30.3 Å². The summed E-state index contributed by atoms with van der Waals surface area (Å²) in [6.45, 7) is 0. The van der Waals surface area contributed by atoms with Crippen molar-refractivity contribution in [3.8, 4) is 22.8 Å². The van der Waals surface area contributed by atoms with E-state index in [1.807, 2.05) is 24.3 Å². The van der Waals surface area contributed by atoms with E-state index >= 15 is 0 Å². The molecular weight excluding hydrogens is 403 g/mol. The van der Waals surface area contributed by atoms with Gasteiger partial charge >= 0.3 is 0 Å². The summed E-state index contributed by atoms with van der Waals surface area (Å²) >= 11 is 1.51. The molecule has 2 aliphatic rings. The van der Waals surface area contributed by atoms with Gasteiger partial charge in [-0.3, -0.25) is 0 Å². The van der Waals surface area contributed by atoms with Crippen molar-refractivity contribution in [2.24, 2.45) is 0 Å². The molecule has 152 valence electrons. The normalized spacial score (nSPS) is 23.2. The van der Waals surface area contributed by atoms with Crippen molar-refractivity contribution >= 4 is 21.6 Å². The van der Waals surface area contributed by atoms with E-state index in [4.69, 9.17) is 4.74 Å². The summed E-state index contributed by atoms with van der Waals surface area (Å²) in [4.78, 5) is 4.46. The monoisotopic (exact) mass is 422 g/mol. The van der Waals surface area contributed by atoms with Crippen LogP contribution in [0.25, 0.3) is 27.2 Å². The maximum atomic E-state index is 13.4. The van der Waals surface area contributed by atoms with E-state index in [-0.39, 0.29) is 6.10 Å². The van der Waals surface area contributed by atoms with Gasteiger partial charge in [-0.2, -0.15) is 4.39 Å². The van der Waals surface area contributed by atoms with Crippen molar-refractivity contribution in [1.29, 1.82) is 0 Å². The summed E-state index contributed by atoms with van der Waals surface area (Å²) in [5.74, 6) is 0.0416. The molecule has 7 nitrogen and oxygen atoms in total. The van der Waals surface area contributed by atoms with Gasteiger partial charge in [-0.05, 0) is 43.9 Å². The second kappa shape index (κ2) is 7.10. The first-order chi connectivity index (χ1) is 14.7. The SMILES string of the molecule is Fc1ccn(-c2ccc(-c3ccc(OC4C[C@H]5CC[C@@H](C4)N5)nn3)c3scnc23)n1. The highest BCUT2D eigenvalue weighted by Crippen LogP contribution is 2.34. The highest BCUT2D eigenvalue weighted by molar-refractivity contribution is 7.17. The smallest absolute Gasteiger partial charge is 0.233 e. The van der Waals surface area contributed by atoms with E-state index in [9.17, 15) is 4.39 Å². The van der Waals surface area contributed by atoms with Gasteiger partial charge in [0.25, 0.3) is 0 Å². The number of piperidine rings is 1. The first-order valence-corrected chi connectivity index (χ1v) is 11.0. The Morgan fingerprint density at radius 1 is 1.07 bits per heavy atom. The number of hydrogen-bond donors (Lipinski definition) is 1. The zero-order valence-corrected chi connectivity index (χ0v) is 16.8. The third-order valence-corrected chi connectivity index (χ3v) is 6.76. The second-order valence-electron chi connectivity index (χ2n) is 7.85. The first kappa shape index (κ1) is 17.9. The van der Waals surface area contributed by atoms with Crippen LogP contribution >= 0.6 is 11.3 Å². The Morgan fingerprint density at radius 3 is 2.67 bits per heavy atom. The number of nitrogens with one attached hydrogen (secondary N) is 1. The van der Waals surface area contributed by atoms with Gasteiger partial charge in [-0.15, -0.1) is 26.6 Å². The summed E-state index contributed by atoms with van der Waals surface area (Å²) in [5, 5.41) is 16.2. The molecule has 0 spiro atoms. The molecule has 4 aromatic rings.